The summed E-state index contributed by atoms with van der Waals surface area (Å²) in [6, 6.07) is 8.26. The highest BCUT2D eigenvalue weighted by Crippen LogP contribution is 2.32. The van der Waals surface area contributed by atoms with Gasteiger partial charge in [0.15, 0.2) is 10.7 Å². The van der Waals surface area contributed by atoms with Crippen molar-refractivity contribution in [3.8, 4) is 10.6 Å². The Bertz CT molecular complexity index is 1220. The number of aromatic nitrogens is 2. The number of rotatable bonds is 5. The van der Waals surface area contributed by atoms with Gasteiger partial charge in [-0.15, -0.1) is 22.7 Å². The van der Waals surface area contributed by atoms with Gasteiger partial charge in [-0.3, -0.25) is 19.5 Å². The SMILES string of the molecule is O=C(Cn1c(=O)oc2ccccc21)Nc1nc(-c2cc([N+](=O)[O-])cs2)cs1. The lowest BCUT2D eigenvalue weighted by atomic mass is 10.3. The standard InChI is InChI=1S/C16H10N4O5S2/c21-14(6-19-11-3-1-2-4-12(11)25-16(19)22)18-15-17-10(8-27-15)13-5-9(7-26-13)20(23)24/h1-5,7-8H,6H2,(H,17,18,21). The molecule has 1 N–H and O–H groups in total. The van der Waals surface area contributed by atoms with Crippen LogP contribution in [0.4, 0.5) is 10.8 Å². The molecule has 11 heteroatoms. The van der Waals surface area contributed by atoms with Crippen molar-refractivity contribution in [2.24, 2.45) is 0 Å². The quantitative estimate of drug-likeness (QED) is 0.404. The molecule has 4 rings (SSSR count). The van der Waals surface area contributed by atoms with E-state index in [1.165, 1.54) is 38.7 Å². The summed E-state index contributed by atoms with van der Waals surface area (Å²) < 4.78 is 6.33. The van der Waals surface area contributed by atoms with Crippen LogP contribution in [0.1, 0.15) is 0 Å². The summed E-state index contributed by atoms with van der Waals surface area (Å²) in [4.78, 5) is 39.4. The minimum absolute atomic E-state index is 0.000188. The molecule has 0 unspecified atom stereocenters. The van der Waals surface area contributed by atoms with Crippen molar-refractivity contribution in [3.63, 3.8) is 0 Å². The van der Waals surface area contributed by atoms with E-state index in [4.69, 9.17) is 4.42 Å². The lowest BCUT2D eigenvalue weighted by Crippen LogP contribution is -2.24. The van der Waals surface area contributed by atoms with E-state index in [0.29, 0.717) is 26.8 Å². The number of nitrogens with zero attached hydrogens (tertiary/aromatic N) is 3. The summed E-state index contributed by atoms with van der Waals surface area (Å²) in [7, 11) is 0. The minimum Gasteiger partial charge on any atom is -0.408 e. The van der Waals surface area contributed by atoms with Crippen molar-refractivity contribution in [3.05, 3.63) is 61.8 Å². The van der Waals surface area contributed by atoms with E-state index in [9.17, 15) is 19.7 Å². The van der Waals surface area contributed by atoms with Crippen LogP contribution >= 0.6 is 22.7 Å². The summed E-state index contributed by atoms with van der Waals surface area (Å²) in [5.74, 6) is -1.04. The molecule has 9 nitrogen and oxygen atoms in total. The van der Waals surface area contributed by atoms with Gasteiger partial charge in [0.2, 0.25) is 5.91 Å². The van der Waals surface area contributed by atoms with E-state index in [1.807, 2.05) is 0 Å². The molecular weight excluding hydrogens is 392 g/mol. The molecule has 0 atom stereocenters. The zero-order valence-corrected chi connectivity index (χ0v) is 15.1. The van der Waals surface area contributed by atoms with E-state index < -0.39 is 16.6 Å². The van der Waals surface area contributed by atoms with Gasteiger partial charge in [-0.2, -0.15) is 0 Å². The number of carbonyl (C=O) groups excluding carboxylic acids is 1. The van der Waals surface area contributed by atoms with Crippen molar-refractivity contribution in [1.29, 1.82) is 0 Å². The Morgan fingerprint density at radius 1 is 1.30 bits per heavy atom. The second kappa shape index (κ2) is 6.78. The van der Waals surface area contributed by atoms with Gasteiger partial charge in [-0.05, 0) is 12.1 Å². The first kappa shape index (κ1) is 17.1. The minimum atomic E-state index is -0.614. The van der Waals surface area contributed by atoms with Gasteiger partial charge >= 0.3 is 5.76 Å². The van der Waals surface area contributed by atoms with E-state index in [2.05, 4.69) is 10.3 Å². The second-order valence-electron chi connectivity index (χ2n) is 5.43. The number of hydrogen-bond acceptors (Lipinski definition) is 8. The third-order valence-electron chi connectivity index (χ3n) is 3.67. The fraction of sp³-hybridized carbons (Fsp3) is 0.0625. The van der Waals surface area contributed by atoms with Gasteiger partial charge in [0.05, 0.1) is 26.4 Å². The van der Waals surface area contributed by atoms with Crippen molar-refractivity contribution < 1.29 is 14.1 Å². The van der Waals surface area contributed by atoms with E-state index >= 15 is 0 Å². The summed E-state index contributed by atoms with van der Waals surface area (Å²) in [6.07, 6.45) is 0. The number of para-hydroxylation sites is 2. The highest BCUT2D eigenvalue weighted by atomic mass is 32.1. The molecule has 1 amide bonds. The molecule has 27 heavy (non-hydrogen) atoms. The molecule has 136 valence electrons. The predicted octanol–water partition coefficient (Wildman–Crippen LogP) is 3.33. The van der Waals surface area contributed by atoms with Gasteiger partial charge in [0, 0.05) is 11.4 Å². The monoisotopic (exact) mass is 402 g/mol. The lowest BCUT2D eigenvalue weighted by Gasteiger charge is -2.02. The van der Waals surface area contributed by atoms with Gasteiger partial charge in [0.1, 0.15) is 6.54 Å². The maximum atomic E-state index is 12.3. The predicted molar refractivity (Wildman–Crippen MR) is 101 cm³/mol. The number of anilines is 1. The van der Waals surface area contributed by atoms with Gasteiger partial charge < -0.3 is 9.73 Å². The Morgan fingerprint density at radius 2 is 2.11 bits per heavy atom. The first-order valence-corrected chi connectivity index (χ1v) is 9.34. The smallest absolute Gasteiger partial charge is 0.408 e. The molecule has 0 bridgehead atoms. The first-order chi connectivity index (χ1) is 13.0. The normalized spacial score (nSPS) is 11.0. The number of carbonyl (C=O) groups is 1. The van der Waals surface area contributed by atoms with Gasteiger partial charge in [-0.25, -0.2) is 9.78 Å². The number of oxazole rings is 1. The molecule has 0 fully saturated rings. The van der Waals surface area contributed by atoms with Crippen LogP contribution in [0.5, 0.6) is 0 Å². The Balaban J connectivity index is 1.50. The summed E-state index contributed by atoms with van der Waals surface area (Å²) >= 11 is 2.40. The number of thiazole rings is 1. The number of amides is 1. The Labute approximate surface area is 158 Å². The number of nitrogens with one attached hydrogen (secondary N) is 1. The van der Waals surface area contributed by atoms with Crippen molar-refractivity contribution in [2.45, 2.75) is 6.54 Å². The molecule has 3 aromatic heterocycles. The molecule has 0 aliphatic rings. The van der Waals surface area contributed by atoms with Crippen LogP contribution in [0.25, 0.3) is 21.7 Å². The third kappa shape index (κ3) is 3.37. The van der Waals surface area contributed by atoms with E-state index in [-0.39, 0.29) is 12.2 Å². The Morgan fingerprint density at radius 3 is 2.89 bits per heavy atom. The molecule has 0 saturated heterocycles. The summed E-state index contributed by atoms with van der Waals surface area (Å²) in [5, 5.41) is 16.9. The number of nitro groups is 1. The highest BCUT2D eigenvalue weighted by Gasteiger charge is 2.16. The van der Waals surface area contributed by atoms with Crippen molar-refractivity contribution in [2.75, 3.05) is 5.32 Å². The number of hydrogen-bond donors (Lipinski definition) is 1. The molecule has 0 radical (unpaired) electrons. The van der Waals surface area contributed by atoms with Crippen LogP contribution in [0, 0.1) is 10.1 Å². The molecule has 4 aromatic rings. The average molecular weight is 402 g/mol. The fourth-order valence-electron chi connectivity index (χ4n) is 2.47. The highest BCUT2D eigenvalue weighted by molar-refractivity contribution is 7.16. The number of benzene rings is 1. The first-order valence-electron chi connectivity index (χ1n) is 7.58. The largest absolute Gasteiger partial charge is 0.420 e. The zero-order chi connectivity index (χ0) is 19.0. The van der Waals surface area contributed by atoms with Gasteiger partial charge in [-0.1, -0.05) is 12.1 Å². The topological polar surface area (TPSA) is 120 Å². The Hall–Kier alpha value is -3.31. The summed E-state index contributed by atoms with van der Waals surface area (Å²) in [6.45, 7) is -0.213. The maximum Gasteiger partial charge on any atom is 0.420 e. The van der Waals surface area contributed by atoms with Crippen molar-refractivity contribution in [1.82, 2.24) is 9.55 Å². The average Bonchev–Trinajstić information content (AvgIpc) is 3.34. The van der Waals surface area contributed by atoms with E-state index in [1.54, 1.807) is 29.6 Å². The second-order valence-corrected chi connectivity index (χ2v) is 7.20. The molecule has 3 heterocycles. The van der Waals surface area contributed by atoms with Crippen LogP contribution < -0.4 is 11.1 Å². The van der Waals surface area contributed by atoms with Crippen LogP contribution in [0.15, 0.2) is 50.3 Å². The van der Waals surface area contributed by atoms with Crippen LogP contribution in [-0.2, 0) is 11.3 Å². The van der Waals surface area contributed by atoms with Crippen LogP contribution in [0.3, 0.4) is 0 Å². The molecule has 1 aromatic carbocycles. The summed E-state index contributed by atoms with van der Waals surface area (Å²) in [5.41, 5.74) is 1.48. The van der Waals surface area contributed by atoms with Gasteiger partial charge in [0.25, 0.3) is 5.69 Å². The van der Waals surface area contributed by atoms with Crippen LogP contribution in [-0.4, -0.2) is 20.4 Å². The Kier molecular flexibility index (Phi) is 4.30. The molecular formula is C16H10N4O5S2. The molecule has 0 aliphatic heterocycles. The third-order valence-corrected chi connectivity index (χ3v) is 5.37. The van der Waals surface area contributed by atoms with Crippen molar-refractivity contribution >= 4 is 50.5 Å². The number of fused-ring (bicyclic) bond motifs is 1. The number of thiophene rings is 1. The zero-order valence-electron chi connectivity index (χ0n) is 13.4. The molecule has 0 aliphatic carbocycles. The van der Waals surface area contributed by atoms with Crippen LogP contribution in [0.2, 0.25) is 0 Å². The molecule has 0 saturated carbocycles. The fourth-order valence-corrected chi connectivity index (χ4v) is 4.08. The van der Waals surface area contributed by atoms with E-state index in [0.717, 1.165) is 0 Å². The lowest BCUT2D eigenvalue weighted by molar-refractivity contribution is -0.384. The maximum absolute atomic E-state index is 12.3. The molecule has 0 spiro atoms.